The Kier molecular flexibility index (Phi) is 42.5. The fraction of sp³-hybridized carbons (Fsp3) is 0.902. The fourth-order valence-electron chi connectivity index (χ4n) is 7.58. The second-order valence-electron chi connectivity index (χ2n) is 18.9. The Balaban J connectivity index is 4.27. The molecule has 0 aliphatic carbocycles. The summed E-state index contributed by atoms with van der Waals surface area (Å²) in [6, 6.07) is -0.898. The van der Waals surface area contributed by atoms with Gasteiger partial charge in [-0.1, -0.05) is 231 Å². The molecule has 0 aliphatic rings. The van der Waals surface area contributed by atoms with Crippen molar-refractivity contribution in [1.82, 2.24) is 5.32 Å². The zero-order valence-corrected chi connectivity index (χ0v) is 41.3. The number of nitrogens with zero attached hydrogens (tertiary/aromatic N) is 1. The number of allylic oxidation sites excluding steroid dienone is 3. The highest BCUT2D eigenvalue weighted by molar-refractivity contribution is 7.45. The van der Waals surface area contributed by atoms with E-state index in [-0.39, 0.29) is 19.1 Å². The number of unbranched alkanes of at least 4 members (excludes halogenated alkanes) is 32. The number of carbonyl (C=O) groups is 1. The summed E-state index contributed by atoms with van der Waals surface area (Å²) in [5.74, 6) is -0.205. The fourth-order valence-corrected chi connectivity index (χ4v) is 8.30. The van der Waals surface area contributed by atoms with Crippen molar-refractivity contribution in [3.8, 4) is 0 Å². The molecule has 0 radical (unpaired) electrons. The van der Waals surface area contributed by atoms with Crippen molar-refractivity contribution in [2.75, 3.05) is 40.9 Å². The first-order chi connectivity index (χ1) is 29.0. The summed E-state index contributed by atoms with van der Waals surface area (Å²) in [6.07, 6.45) is 52.5. The summed E-state index contributed by atoms with van der Waals surface area (Å²) in [6.45, 7) is 4.65. The van der Waals surface area contributed by atoms with E-state index in [0.29, 0.717) is 17.4 Å². The number of aliphatic hydroxyl groups excluding tert-OH is 1. The Bertz CT molecular complexity index is 1030. The molecule has 0 aromatic heterocycles. The molecule has 0 saturated heterocycles. The second-order valence-corrected chi connectivity index (χ2v) is 20.3. The molecule has 3 unspecified atom stereocenters. The molecular formula is C51H101N2O6P. The predicted octanol–water partition coefficient (Wildman–Crippen LogP) is 14.2. The minimum absolute atomic E-state index is 0.00408. The van der Waals surface area contributed by atoms with Gasteiger partial charge in [0.05, 0.1) is 39.9 Å². The molecule has 0 rings (SSSR count). The lowest BCUT2D eigenvalue weighted by molar-refractivity contribution is -0.870. The average molecular weight is 869 g/mol. The van der Waals surface area contributed by atoms with Crippen molar-refractivity contribution in [2.45, 2.75) is 257 Å². The molecular weight excluding hydrogens is 768 g/mol. The van der Waals surface area contributed by atoms with E-state index in [1.54, 1.807) is 6.08 Å². The molecule has 2 N–H and O–H groups in total. The van der Waals surface area contributed by atoms with Gasteiger partial charge in [0.2, 0.25) is 5.91 Å². The van der Waals surface area contributed by atoms with Gasteiger partial charge in [0.1, 0.15) is 13.2 Å². The molecule has 0 aromatic carbocycles. The highest BCUT2D eigenvalue weighted by atomic mass is 31.2. The number of hydrogen-bond donors (Lipinski definition) is 2. The van der Waals surface area contributed by atoms with Crippen LogP contribution in [-0.2, 0) is 18.4 Å². The molecule has 8 nitrogen and oxygen atoms in total. The van der Waals surface area contributed by atoms with E-state index in [2.05, 4.69) is 31.3 Å². The monoisotopic (exact) mass is 869 g/mol. The number of carbonyl (C=O) groups excluding carboxylic acids is 1. The molecule has 0 aliphatic heterocycles. The van der Waals surface area contributed by atoms with E-state index in [4.69, 9.17) is 9.05 Å². The largest absolute Gasteiger partial charge is 0.756 e. The second kappa shape index (κ2) is 43.2. The minimum atomic E-state index is -4.59. The molecule has 0 spiro atoms. The highest BCUT2D eigenvalue weighted by Gasteiger charge is 2.23. The van der Waals surface area contributed by atoms with Crippen molar-refractivity contribution < 1.29 is 32.9 Å². The first-order valence-electron chi connectivity index (χ1n) is 25.7. The van der Waals surface area contributed by atoms with Gasteiger partial charge in [-0.3, -0.25) is 9.36 Å². The van der Waals surface area contributed by atoms with Crippen LogP contribution in [0.3, 0.4) is 0 Å². The van der Waals surface area contributed by atoms with E-state index >= 15 is 0 Å². The molecule has 1 amide bonds. The molecule has 9 heteroatoms. The lowest BCUT2D eigenvalue weighted by Crippen LogP contribution is -2.45. The average Bonchev–Trinajstić information content (AvgIpc) is 3.20. The summed E-state index contributed by atoms with van der Waals surface area (Å²) in [5, 5.41) is 13.8. The van der Waals surface area contributed by atoms with Crippen molar-refractivity contribution in [3.05, 3.63) is 24.3 Å². The van der Waals surface area contributed by atoms with E-state index in [1.807, 2.05) is 27.2 Å². The number of hydrogen-bond acceptors (Lipinski definition) is 6. The molecule has 0 saturated carbocycles. The summed E-state index contributed by atoms with van der Waals surface area (Å²) in [4.78, 5) is 25.3. The van der Waals surface area contributed by atoms with Gasteiger partial charge in [-0.15, -0.1) is 0 Å². The Hall–Kier alpha value is -1.02. The normalized spacial score (nSPS) is 14.3. The summed E-state index contributed by atoms with van der Waals surface area (Å²) >= 11 is 0. The van der Waals surface area contributed by atoms with E-state index in [1.165, 1.54) is 186 Å². The Morgan fingerprint density at radius 2 is 0.933 bits per heavy atom. The minimum Gasteiger partial charge on any atom is -0.756 e. The number of amides is 1. The van der Waals surface area contributed by atoms with Crippen LogP contribution in [-0.4, -0.2) is 68.5 Å². The van der Waals surface area contributed by atoms with Crippen LogP contribution >= 0.6 is 7.82 Å². The van der Waals surface area contributed by atoms with Gasteiger partial charge in [0.25, 0.3) is 7.82 Å². The summed E-state index contributed by atoms with van der Waals surface area (Å²) in [5.41, 5.74) is 0. The highest BCUT2D eigenvalue weighted by Crippen LogP contribution is 2.38. The number of phosphoric acid groups is 1. The Morgan fingerprint density at radius 3 is 1.35 bits per heavy atom. The van der Waals surface area contributed by atoms with Crippen molar-refractivity contribution in [1.29, 1.82) is 0 Å². The first kappa shape index (κ1) is 59.0. The van der Waals surface area contributed by atoms with Gasteiger partial charge in [0, 0.05) is 6.42 Å². The standard InChI is InChI=1S/C51H101N2O6P/c1-6-8-10-12-14-16-18-20-21-22-23-24-25-26-27-28-29-30-31-33-34-36-38-40-42-44-50(54)49(48-59-60(56,57)58-47-46-53(3,4)5)52-51(55)45-43-41-39-37-35-32-19-17-15-13-11-9-7-2/h34,36,42,44,49-50,54H,6-33,35,37-41,43,45-48H2,1-5H3,(H-,52,55,56,57)/b36-34+,44-42+. The predicted molar refractivity (Wildman–Crippen MR) is 256 cm³/mol. The van der Waals surface area contributed by atoms with Crippen LogP contribution in [0.25, 0.3) is 0 Å². The molecule has 3 atom stereocenters. The molecule has 356 valence electrons. The van der Waals surface area contributed by atoms with E-state index < -0.39 is 20.0 Å². The van der Waals surface area contributed by atoms with E-state index in [0.717, 1.165) is 38.5 Å². The number of phosphoric ester groups is 1. The zero-order valence-electron chi connectivity index (χ0n) is 40.4. The third kappa shape index (κ3) is 45.0. The van der Waals surface area contributed by atoms with Crippen LogP contribution in [0.5, 0.6) is 0 Å². The third-order valence-corrected chi connectivity index (χ3v) is 12.6. The lowest BCUT2D eigenvalue weighted by Gasteiger charge is -2.29. The number of likely N-dealkylation sites (N-methyl/N-ethyl adjacent to an activating group) is 1. The smallest absolute Gasteiger partial charge is 0.268 e. The number of aliphatic hydroxyl groups is 1. The topological polar surface area (TPSA) is 108 Å². The SMILES string of the molecule is CCCCCCCCCCCCCCCCCCCCC/C=C/CC/C=C/C(O)C(COP(=O)([O-])OCC[N+](C)(C)C)NC(=O)CCCCCCCCCCCCCCC. The maximum Gasteiger partial charge on any atom is 0.268 e. The maximum absolute atomic E-state index is 12.9. The first-order valence-corrected chi connectivity index (χ1v) is 27.2. The van der Waals surface area contributed by atoms with Gasteiger partial charge in [0.15, 0.2) is 0 Å². The van der Waals surface area contributed by atoms with Crippen LogP contribution in [0.15, 0.2) is 24.3 Å². The van der Waals surface area contributed by atoms with Crippen molar-refractivity contribution in [2.24, 2.45) is 0 Å². The van der Waals surface area contributed by atoms with Crippen LogP contribution in [0.2, 0.25) is 0 Å². The van der Waals surface area contributed by atoms with Crippen molar-refractivity contribution in [3.63, 3.8) is 0 Å². The van der Waals surface area contributed by atoms with Crippen LogP contribution in [0, 0.1) is 0 Å². The van der Waals surface area contributed by atoms with Gasteiger partial charge in [-0.05, 0) is 32.1 Å². The quantitative estimate of drug-likeness (QED) is 0.0273. The lowest BCUT2D eigenvalue weighted by atomic mass is 10.0. The molecule has 0 aromatic rings. The van der Waals surface area contributed by atoms with E-state index in [9.17, 15) is 19.4 Å². The number of rotatable bonds is 47. The van der Waals surface area contributed by atoms with Crippen LogP contribution in [0.1, 0.15) is 245 Å². The van der Waals surface area contributed by atoms with Gasteiger partial charge in [-0.25, -0.2) is 0 Å². The molecule has 0 fully saturated rings. The van der Waals surface area contributed by atoms with Crippen molar-refractivity contribution >= 4 is 13.7 Å². The summed E-state index contributed by atoms with van der Waals surface area (Å²) < 4.78 is 23.2. The van der Waals surface area contributed by atoms with Gasteiger partial charge in [-0.2, -0.15) is 0 Å². The third-order valence-electron chi connectivity index (χ3n) is 11.7. The van der Waals surface area contributed by atoms with Crippen LogP contribution in [0.4, 0.5) is 0 Å². The maximum atomic E-state index is 12.9. The molecule has 0 heterocycles. The Labute approximate surface area is 373 Å². The molecule has 60 heavy (non-hydrogen) atoms. The van der Waals surface area contributed by atoms with Gasteiger partial charge < -0.3 is 28.8 Å². The number of quaternary nitrogens is 1. The Morgan fingerprint density at radius 1 is 0.567 bits per heavy atom. The molecule has 0 bridgehead atoms. The van der Waals surface area contributed by atoms with Crippen LogP contribution < -0.4 is 10.2 Å². The summed E-state index contributed by atoms with van der Waals surface area (Å²) in [7, 11) is 1.25. The van der Waals surface area contributed by atoms with Gasteiger partial charge >= 0.3 is 0 Å². The number of nitrogens with one attached hydrogen (secondary N) is 1. The zero-order chi connectivity index (χ0) is 44.3.